The van der Waals surface area contributed by atoms with E-state index in [0.717, 1.165) is 6.92 Å². The van der Waals surface area contributed by atoms with E-state index in [9.17, 15) is 31.5 Å². The third kappa shape index (κ3) is 3.30. The molecule has 9 heteroatoms. The highest BCUT2D eigenvalue weighted by molar-refractivity contribution is 5.90. The Bertz CT molecular complexity index is 342. The Morgan fingerprint density at radius 1 is 1.17 bits per heavy atom. The number of amides is 1. The van der Waals surface area contributed by atoms with Crippen LogP contribution in [0.3, 0.4) is 0 Å². The number of rotatable bonds is 5. The van der Waals surface area contributed by atoms with Crippen molar-refractivity contribution in [3.05, 3.63) is 0 Å². The number of carbonyl (C=O) groups is 2. The van der Waals surface area contributed by atoms with Gasteiger partial charge >= 0.3 is 24.0 Å². The molecule has 0 aromatic heterocycles. The molecule has 0 fully saturated rings. The number of hydrogen-bond acceptors (Lipinski definition) is 2. The first kappa shape index (κ1) is 16.6. The lowest BCUT2D eigenvalue weighted by atomic mass is 9.96. The van der Waals surface area contributed by atoms with Crippen LogP contribution in [0.15, 0.2) is 0 Å². The molecule has 0 aliphatic carbocycles. The molecular weight excluding hydrogens is 265 g/mol. The Balaban J connectivity index is 5.10. The fraction of sp³-hybridized carbons (Fsp3) is 0.778. The molecule has 106 valence electrons. The van der Waals surface area contributed by atoms with Crippen LogP contribution in [0.1, 0.15) is 26.7 Å². The van der Waals surface area contributed by atoms with E-state index >= 15 is 0 Å². The van der Waals surface area contributed by atoms with Crippen LogP contribution in [0.2, 0.25) is 0 Å². The molecule has 4 nitrogen and oxygen atoms in total. The van der Waals surface area contributed by atoms with Gasteiger partial charge in [0.2, 0.25) is 0 Å². The van der Waals surface area contributed by atoms with Gasteiger partial charge < -0.3 is 10.4 Å². The Morgan fingerprint density at radius 3 is 1.89 bits per heavy atom. The minimum atomic E-state index is -6.07. The lowest BCUT2D eigenvalue weighted by molar-refractivity contribution is -0.270. The summed E-state index contributed by atoms with van der Waals surface area (Å²) < 4.78 is 60.9. The first-order valence-electron chi connectivity index (χ1n) is 4.89. The van der Waals surface area contributed by atoms with Crippen LogP contribution in [0.25, 0.3) is 0 Å². The summed E-state index contributed by atoms with van der Waals surface area (Å²) in [4.78, 5) is 21.6. The molecule has 2 N–H and O–H groups in total. The van der Waals surface area contributed by atoms with Gasteiger partial charge in [-0.3, -0.25) is 4.79 Å². The number of hydrogen-bond donors (Lipinski definition) is 2. The van der Waals surface area contributed by atoms with Crippen LogP contribution in [-0.4, -0.2) is 34.6 Å². The quantitative estimate of drug-likeness (QED) is 0.755. The summed E-state index contributed by atoms with van der Waals surface area (Å²) in [5.41, 5.74) is -2.17. The molecule has 0 aliphatic heterocycles. The van der Waals surface area contributed by atoms with E-state index in [1.807, 2.05) is 0 Å². The molecule has 1 atom stereocenters. The van der Waals surface area contributed by atoms with E-state index in [1.54, 1.807) is 0 Å². The van der Waals surface area contributed by atoms with Gasteiger partial charge in [0, 0.05) is 0 Å². The van der Waals surface area contributed by atoms with Crippen molar-refractivity contribution in [1.82, 2.24) is 5.32 Å². The molecule has 0 spiro atoms. The van der Waals surface area contributed by atoms with Gasteiger partial charge in [-0.05, 0) is 13.3 Å². The highest BCUT2D eigenvalue weighted by Crippen LogP contribution is 2.36. The van der Waals surface area contributed by atoms with E-state index in [2.05, 4.69) is 0 Å². The van der Waals surface area contributed by atoms with Crippen LogP contribution in [0.5, 0.6) is 0 Å². The van der Waals surface area contributed by atoms with Crippen LogP contribution in [0, 0.1) is 0 Å². The predicted octanol–water partition coefficient (Wildman–Crippen LogP) is 1.94. The Hall–Kier alpha value is -1.41. The molecule has 0 bridgehead atoms. The van der Waals surface area contributed by atoms with Gasteiger partial charge in [-0.15, -0.1) is 0 Å². The van der Waals surface area contributed by atoms with Gasteiger partial charge in [0.25, 0.3) is 0 Å². The van der Waals surface area contributed by atoms with Crippen molar-refractivity contribution in [2.45, 2.75) is 44.3 Å². The molecular formula is C9H12F5NO3. The number of aliphatic carboxylic acids is 1. The maximum Gasteiger partial charge on any atom is 0.463 e. The molecule has 1 unspecified atom stereocenters. The number of nitrogens with one attached hydrogen (secondary N) is 1. The lowest BCUT2D eigenvalue weighted by Crippen LogP contribution is -2.60. The van der Waals surface area contributed by atoms with Gasteiger partial charge in [0.05, 0.1) is 0 Å². The van der Waals surface area contributed by atoms with Crippen molar-refractivity contribution in [2.24, 2.45) is 0 Å². The lowest BCUT2D eigenvalue weighted by Gasteiger charge is -2.28. The summed E-state index contributed by atoms with van der Waals surface area (Å²) in [6, 6.07) is 0. The van der Waals surface area contributed by atoms with E-state index in [-0.39, 0.29) is 12.8 Å². The third-order valence-electron chi connectivity index (χ3n) is 2.25. The van der Waals surface area contributed by atoms with Crippen LogP contribution < -0.4 is 5.32 Å². The smallest absolute Gasteiger partial charge is 0.463 e. The number of carbonyl (C=O) groups excluding carboxylic acids is 1. The zero-order valence-corrected chi connectivity index (χ0v) is 9.57. The minimum Gasteiger partial charge on any atom is -0.480 e. The molecule has 0 saturated heterocycles. The van der Waals surface area contributed by atoms with Crippen LogP contribution >= 0.6 is 0 Å². The summed E-state index contributed by atoms with van der Waals surface area (Å²) in [6.45, 7) is 2.36. The van der Waals surface area contributed by atoms with E-state index in [1.165, 1.54) is 12.2 Å². The maximum absolute atomic E-state index is 12.6. The highest BCUT2D eigenvalue weighted by atomic mass is 19.4. The standard InChI is InChI=1S/C9H12F5NO3/c1-3-4-7(2,6(17)18)15-5(16)8(10,11)9(12,13)14/h3-4H2,1-2H3,(H,15,16)(H,17,18). The zero-order valence-electron chi connectivity index (χ0n) is 9.57. The van der Waals surface area contributed by atoms with Crippen LogP contribution in [-0.2, 0) is 9.59 Å². The molecule has 0 aliphatic rings. The van der Waals surface area contributed by atoms with Gasteiger partial charge in [0.15, 0.2) is 0 Å². The van der Waals surface area contributed by atoms with Crippen LogP contribution in [0.4, 0.5) is 22.0 Å². The molecule has 0 rings (SSSR count). The molecule has 0 aromatic rings. The van der Waals surface area contributed by atoms with Gasteiger partial charge in [0.1, 0.15) is 5.54 Å². The average molecular weight is 277 g/mol. The van der Waals surface area contributed by atoms with Crippen molar-refractivity contribution >= 4 is 11.9 Å². The Morgan fingerprint density at radius 2 is 1.61 bits per heavy atom. The van der Waals surface area contributed by atoms with Crippen molar-refractivity contribution in [2.75, 3.05) is 0 Å². The fourth-order valence-electron chi connectivity index (χ4n) is 1.18. The van der Waals surface area contributed by atoms with E-state index < -0.39 is 29.5 Å². The molecule has 18 heavy (non-hydrogen) atoms. The van der Waals surface area contributed by atoms with Crippen molar-refractivity contribution in [1.29, 1.82) is 0 Å². The molecule has 0 radical (unpaired) electrons. The van der Waals surface area contributed by atoms with Crippen molar-refractivity contribution in [3.8, 4) is 0 Å². The first-order chi connectivity index (χ1) is 7.88. The molecule has 0 aromatic carbocycles. The second kappa shape index (κ2) is 5.07. The van der Waals surface area contributed by atoms with E-state index in [0.29, 0.717) is 0 Å². The SMILES string of the molecule is CCCC(C)(NC(=O)C(F)(F)C(F)(F)F)C(=O)O. The molecule has 1 amide bonds. The van der Waals surface area contributed by atoms with Gasteiger partial charge in [-0.2, -0.15) is 22.0 Å². The summed E-state index contributed by atoms with van der Waals surface area (Å²) in [5, 5.41) is 9.97. The second-order valence-electron chi connectivity index (χ2n) is 3.91. The highest BCUT2D eigenvalue weighted by Gasteiger charge is 2.64. The summed E-state index contributed by atoms with van der Waals surface area (Å²) in [5.74, 6) is -9.98. The number of halogens is 5. The summed E-state index contributed by atoms with van der Waals surface area (Å²) in [7, 11) is 0. The fourth-order valence-corrected chi connectivity index (χ4v) is 1.18. The molecule has 0 heterocycles. The minimum absolute atomic E-state index is 0.181. The normalized spacial score (nSPS) is 15.9. The Labute approximate surface area is 99.2 Å². The monoisotopic (exact) mass is 277 g/mol. The third-order valence-corrected chi connectivity index (χ3v) is 2.25. The topological polar surface area (TPSA) is 66.4 Å². The van der Waals surface area contributed by atoms with Crippen molar-refractivity contribution < 1.29 is 36.6 Å². The predicted molar refractivity (Wildman–Crippen MR) is 50.1 cm³/mol. The zero-order chi connectivity index (χ0) is 14.8. The number of carboxylic acid groups (broad SMARTS) is 1. The number of carboxylic acids is 1. The van der Waals surface area contributed by atoms with E-state index in [4.69, 9.17) is 5.11 Å². The second-order valence-corrected chi connectivity index (χ2v) is 3.91. The first-order valence-corrected chi connectivity index (χ1v) is 4.89. The average Bonchev–Trinajstić information content (AvgIpc) is 2.15. The molecule has 0 saturated carbocycles. The largest absolute Gasteiger partial charge is 0.480 e. The number of alkyl halides is 5. The Kier molecular flexibility index (Phi) is 4.67. The van der Waals surface area contributed by atoms with Gasteiger partial charge in [-0.1, -0.05) is 13.3 Å². The maximum atomic E-state index is 12.6. The van der Waals surface area contributed by atoms with Crippen molar-refractivity contribution in [3.63, 3.8) is 0 Å². The van der Waals surface area contributed by atoms with Gasteiger partial charge in [-0.25, -0.2) is 4.79 Å². The summed E-state index contributed by atoms with van der Waals surface area (Å²) >= 11 is 0. The summed E-state index contributed by atoms with van der Waals surface area (Å²) in [6.07, 6.45) is -6.16.